The summed E-state index contributed by atoms with van der Waals surface area (Å²) in [4.78, 5) is 4.42. The number of anilines is 1. The third-order valence-corrected chi connectivity index (χ3v) is 6.20. The number of hydrogen-bond donors (Lipinski definition) is 4. The van der Waals surface area contributed by atoms with Crippen LogP contribution in [0.25, 0.3) is 16.7 Å². The Hall–Kier alpha value is -2.83. The lowest BCUT2D eigenvalue weighted by Gasteiger charge is -2.27. The van der Waals surface area contributed by atoms with Crippen LogP contribution in [0.4, 0.5) is 5.82 Å². The van der Waals surface area contributed by atoms with Crippen molar-refractivity contribution in [2.45, 2.75) is 37.6 Å². The molecule has 2 saturated heterocycles. The Morgan fingerprint density at radius 1 is 1.07 bits per heavy atom. The highest BCUT2D eigenvalue weighted by Crippen LogP contribution is 2.38. The molecular formula is C24H31N5O. The number of nitrogens with one attached hydrogen (secondary N) is 1. The van der Waals surface area contributed by atoms with E-state index in [0.717, 1.165) is 54.9 Å². The van der Waals surface area contributed by atoms with E-state index in [1.165, 1.54) is 36.4 Å². The standard InChI is InChI=1S/C24H31N5O/c25-8-5-18(14-26)21-13-19(15-29-24(21)27)17-3-4-20(16-6-10-30-11-7-16)22(12-17)23-2-1-9-28-23/h3-5,8,12-16,23,28H,1-2,6-7,9-11,25-26H2,(H2,27,29)/b8-5-,18-14+. The molecule has 4 rings (SSSR count). The lowest BCUT2D eigenvalue weighted by atomic mass is 9.84. The molecule has 0 aliphatic carbocycles. The number of benzene rings is 1. The van der Waals surface area contributed by atoms with Crippen molar-refractivity contribution in [3.63, 3.8) is 0 Å². The Balaban J connectivity index is 1.75. The molecule has 3 heterocycles. The number of allylic oxidation sites excluding steroid dienone is 2. The average Bonchev–Trinajstić information content (AvgIpc) is 3.33. The van der Waals surface area contributed by atoms with E-state index in [9.17, 15) is 0 Å². The van der Waals surface area contributed by atoms with Crippen molar-refractivity contribution >= 4 is 11.4 Å². The Bertz CT molecular complexity index is 941. The number of pyridine rings is 1. The zero-order valence-corrected chi connectivity index (χ0v) is 17.3. The van der Waals surface area contributed by atoms with E-state index in [4.69, 9.17) is 21.9 Å². The second kappa shape index (κ2) is 9.32. The molecule has 2 aliphatic heterocycles. The molecule has 2 aliphatic rings. The fourth-order valence-electron chi connectivity index (χ4n) is 4.59. The summed E-state index contributed by atoms with van der Waals surface area (Å²) in [6, 6.07) is 9.27. The molecule has 1 unspecified atom stereocenters. The normalized spacial score (nSPS) is 20.8. The van der Waals surface area contributed by atoms with Crippen LogP contribution < -0.4 is 22.5 Å². The molecule has 2 fully saturated rings. The summed E-state index contributed by atoms with van der Waals surface area (Å²) in [5, 5.41) is 3.68. The van der Waals surface area contributed by atoms with E-state index in [1.807, 2.05) is 12.3 Å². The zero-order chi connectivity index (χ0) is 20.9. The highest BCUT2D eigenvalue weighted by molar-refractivity contribution is 5.82. The van der Waals surface area contributed by atoms with Crippen LogP contribution >= 0.6 is 0 Å². The Labute approximate surface area is 178 Å². The first-order valence-electron chi connectivity index (χ1n) is 10.7. The number of nitrogen functional groups attached to an aromatic ring is 1. The van der Waals surface area contributed by atoms with Crippen LogP contribution in [0.5, 0.6) is 0 Å². The number of rotatable bonds is 5. The van der Waals surface area contributed by atoms with Gasteiger partial charge in [0.2, 0.25) is 0 Å². The van der Waals surface area contributed by atoms with Crippen LogP contribution in [-0.2, 0) is 4.74 Å². The third-order valence-electron chi connectivity index (χ3n) is 6.20. The van der Waals surface area contributed by atoms with Gasteiger partial charge in [0.1, 0.15) is 5.82 Å². The molecule has 6 nitrogen and oxygen atoms in total. The molecule has 30 heavy (non-hydrogen) atoms. The van der Waals surface area contributed by atoms with Gasteiger partial charge in [0.25, 0.3) is 0 Å². The number of aromatic nitrogens is 1. The van der Waals surface area contributed by atoms with E-state index >= 15 is 0 Å². The lowest BCUT2D eigenvalue weighted by Crippen LogP contribution is -2.19. The predicted octanol–water partition coefficient (Wildman–Crippen LogP) is 3.42. The van der Waals surface area contributed by atoms with Gasteiger partial charge in [-0.3, -0.25) is 0 Å². The molecule has 7 N–H and O–H groups in total. The fourth-order valence-corrected chi connectivity index (χ4v) is 4.59. The van der Waals surface area contributed by atoms with Crippen molar-refractivity contribution in [1.29, 1.82) is 0 Å². The van der Waals surface area contributed by atoms with Gasteiger partial charge in [-0.1, -0.05) is 12.1 Å². The minimum atomic E-state index is 0.406. The number of hydrogen-bond acceptors (Lipinski definition) is 6. The van der Waals surface area contributed by atoms with Gasteiger partial charge < -0.3 is 27.3 Å². The molecule has 1 aromatic carbocycles. The van der Waals surface area contributed by atoms with Crippen LogP contribution in [-0.4, -0.2) is 24.7 Å². The van der Waals surface area contributed by atoms with Crippen molar-refractivity contribution in [3.8, 4) is 11.1 Å². The summed E-state index contributed by atoms with van der Waals surface area (Å²) < 4.78 is 5.59. The summed E-state index contributed by atoms with van der Waals surface area (Å²) in [6.07, 6.45) is 11.1. The number of nitrogens with two attached hydrogens (primary N) is 3. The second-order valence-electron chi connectivity index (χ2n) is 8.02. The molecule has 2 aromatic rings. The number of ether oxygens (including phenoxy) is 1. The molecule has 0 bridgehead atoms. The zero-order valence-electron chi connectivity index (χ0n) is 17.3. The molecular weight excluding hydrogens is 374 g/mol. The van der Waals surface area contributed by atoms with Crippen molar-refractivity contribution in [2.75, 3.05) is 25.5 Å². The first-order valence-corrected chi connectivity index (χ1v) is 10.7. The molecule has 0 spiro atoms. The topological polar surface area (TPSA) is 112 Å². The van der Waals surface area contributed by atoms with Gasteiger partial charge in [0.15, 0.2) is 0 Å². The van der Waals surface area contributed by atoms with E-state index in [1.54, 1.807) is 6.08 Å². The molecule has 1 aromatic heterocycles. The monoisotopic (exact) mass is 405 g/mol. The van der Waals surface area contributed by atoms with E-state index in [-0.39, 0.29) is 0 Å². The Morgan fingerprint density at radius 3 is 2.60 bits per heavy atom. The van der Waals surface area contributed by atoms with E-state index < -0.39 is 0 Å². The molecule has 1 atom stereocenters. The molecule has 0 amide bonds. The van der Waals surface area contributed by atoms with E-state index in [0.29, 0.717) is 17.8 Å². The van der Waals surface area contributed by atoms with Crippen LogP contribution in [0, 0.1) is 0 Å². The summed E-state index contributed by atoms with van der Waals surface area (Å²) in [6.45, 7) is 2.77. The van der Waals surface area contributed by atoms with Crippen molar-refractivity contribution in [2.24, 2.45) is 11.5 Å². The van der Waals surface area contributed by atoms with Crippen molar-refractivity contribution in [1.82, 2.24) is 10.3 Å². The lowest BCUT2D eigenvalue weighted by molar-refractivity contribution is 0.0851. The second-order valence-corrected chi connectivity index (χ2v) is 8.02. The molecule has 6 heteroatoms. The molecule has 158 valence electrons. The number of nitrogens with zero attached hydrogens (tertiary/aromatic N) is 1. The van der Waals surface area contributed by atoms with Gasteiger partial charge in [0, 0.05) is 48.4 Å². The van der Waals surface area contributed by atoms with Gasteiger partial charge in [-0.15, -0.1) is 0 Å². The first-order chi connectivity index (χ1) is 14.7. The fraction of sp³-hybridized carbons (Fsp3) is 0.375. The Morgan fingerprint density at radius 2 is 1.90 bits per heavy atom. The summed E-state index contributed by atoms with van der Waals surface area (Å²) in [5.41, 5.74) is 24.0. The third kappa shape index (κ3) is 4.20. The highest BCUT2D eigenvalue weighted by Gasteiger charge is 2.25. The van der Waals surface area contributed by atoms with E-state index in [2.05, 4.69) is 28.5 Å². The smallest absolute Gasteiger partial charge is 0.131 e. The maximum absolute atomic E-state index is 6.12. The van der Waals surface area contributed by atoms with Gasteiger partial charge in [0.05, 0.1) is 0 Å². The van der Waals surface area contributed by atoms with Gasteiger partial charge in [-0.2, -0.15) is 0 Å². The van der Waals surface area contributed by atoms with Crippen molar-refractivity contribution < 1.29 is 4.74 Å². The first kappa shape index (κ1) is 20.4. The summed E-state index contributed by atoms with van der Waals surface area (Å²) >= 11 is 0. The quantitative estimate of drug-likeness (QED) is 0.567. The van der Waals surface area contributed by atoms with Crippen LogP contribution in [0.15, 0.2) is 48.9 Å². The van der Waals surface area contributed by atoms with Gasteiger partial charge >= 0.3 is 0 Å². The average molecular weight is 406 g/mol. The summed E-state index contributed by atoms with van der Waals surface area (Å²) in [7, 11) is 0. The van der Waals surface area contributed by atoms with Gasteiger partial charge in [-0.05, 0) is 79.2 Å². The predicted molar refractivity (Wildman–Crippen MR) is 122 cm³/mol. The molecule has 0 radical (unpaired) electrons. The SMILES string of the molecule is N/C=C\C(=C/N)c1cc(-c2ccc(C3CCOCC3)c(C3CCCN3)c2)cnc1N. The van der Waals surface area contributed by atoms with Crippen molar-refractivity contribution in [3.05, 3.63) is 65.6 Å². The highest BCUT2D eigenvalue weighted by atomic mass is 16.5. The maximum Gasteiger partial charge on any atom is 0.131 e. The maximum atomic E-state index is 6.12. The summed E-state index contributed by atoms with van der Waals surface area (Å²) in [5.74, 6) is 0.997. The minimum Gasteiger partial charge on any atom is -0.405 e. The van der Waals surface area contributed by atoms with Crippen LogP contribution in [0.1, 0.15) is 54.3 Å². The minimum absolute atomic E-state index is 0.406. The molecule has 0 saturated carbocycles. The van der Waals surface area contributed by atoms with Gasteiger partial charge in [-0.25, -0.2) is 4.98 Å². The largest absolute Gasteiger partial charge is 0.405 e. The van der Waals surface area contributed by atoms with Crippen LogP contribution in [0.3, 0.4) is 0 Å². The van der Waals surface area contributed by atoms with Crippen LogP contribution in [0.2, 0.25) is 0 Å². The Kier molecular flexibility index (Phi) is 6.35.